The van der Waals surface area contributed by atoms with E-state index in [9.17, 15) is 9.90 Å². The van der Waals surface area contributed by atoms with Crippen LogP contribution in [0.3, 0.4) is 0 Å². The molecule has 0 aromatic heterocycles. The summed E-state index contributed by atoms with van der Waals surface area (Å²) in [6, 6.07) is 5.03. The fraction of sp³-hybridized carbons (Fsp3) is 0.720. The SMILES string of the molecule is CCCCCCCCCCCCCCCC(=O)O.CCCc1cccc(O)c1O. The molecule has 0 radical (unpaired) electrons. The minimum absolute atomic E-state index is 0.0225. The molecule has 0 bridgehead atoms. The van der Waals surface area contributed by atoms with E-state index in [2.05, 4.69) is 6.92 Å². The van der Waals surface area contributed by atoms with Gasteiger partial charge in [-0.2, -0.15) is 0 Å². The standard InChI is InChI=1S/C16H32O2.C9H12O2/c1-2-3-4-5-6-7-8-9-10-11-12-13-14-15-16(17)18;1-2-4-7-5-3-6-8(10)9(7)11/h2-15H2,1H3,(H,17,18);3,5-6,10-11H,2,4H2,1H3. The van der Waals surface area contributed by atoms with Crippen LogP contribution in [0.25, 0.3) is 0 Å². The Morgan fingerprint density at radius 3 is 1.66 bits per heavy atom. The van der Waals surface area contributed by atoms with E-state index in [-0.39, 0.29) is 11.5 Å². The maximum absolute atomic E-state index is 10.3. The number of phenols is 2. The number of phenolic OH excluding ortho intramolecular Hbond substituents is 2. The Balaban J connectivity index is 0.000000604. The summed E-state index contributed by atoms with van der Waals surface area (Å²) >= 11 is 0. The molecule has 0 aliphatic carbocycles. The number of aliphatic carboxylic acids is 1. The summed E-state index contributed by atoms with van der Waals surface area (Å²) < 4.78 is 0. The Kier molecular flexibility index (Phi) is 18.4. The highest BCUT2D eigenvalue weighted by Crippen LogP contribution is 2.28. The lowest BCUT2D eigenvalue weighted by Gasteiger charge is -2.03. The number of aryl methyl sites for hydroxylation is 1. The molecule has 4 heteroatoms. The molecule has 1 aromatic carbocycles. The minimum atomic E-state index is -0.655. The minimum Gasteiger partial charge on any atom is -0.504 e. The van der Waals surface area contributed by atoms with Gasteiger partial charge in [-0.25, -0.2) is 0 Å². The average molecular weight is 409 g/mol. The van der Waals surface area contributed by atoms with E-state index in [1.807, 2.05) is 13.0 Å². The van der Waals surface area contributed by atoms with Gasteiger partial charge in [0.2, 0.25) is 0 Å². The van der Waals surface area contributed by atoms with Crippen molar-refractivity contribution in [3.8, 4) is 11.5 Å². The van der Waals surface area contributed by atoms with E-state index in [0.29, 0.717) is 6.42 Å². The summed E-state index contributed by atoms with van der Waals surface area (Å²) in [7, 11) is 0. The molecule has 4 nitrogen and oxygen atoms in total. The topological polar surface area (TPSA) is 77.8 Å². The number of unbranched alkanes of at least 4 members (excludes halogenated alkanes) is 12. The monoisotopic (exact) mass is 408 g/mol. The number of aromatic hydroxyl groups is 2. The number of hydrogen-bond acceptors (Lipinski definition) is 3. The van der Waals surface area contributed by atoms with Gasteiger partial charge in [0, 0.05) is 6.42 Å². The van der Waals surface area contributed by atoms with Crippen molar-refractivity contribution in [3.63, 3.8) is 0 Å². The van der Waals surface area contributed by atoms with Crippen LogP contribution in [0.15, 0.2) is 18.2 Å². The van der Waals surface area contributed by atoms with Crippen molar-refractivity contribution in [3.05, 3.63) is 23.8 Å². The lowest BCUT2D eigenvalue weighted by molar-refractivity contribution is -0.137. The molecular weight excluding hydrogens is 364 g/mol. The highest BCUT2D eigenvalue weighted by molar-refractivity contribution is 5.66. The molecule has 3 N–H and O–H groups in total. The van der Waals surface area contributed by atoms with E-state index in [4.69, 9.17) is 10.2 Å². The van der Waals surface area contributed by atoms with Crippen LogP contribution in [0.4, 0.5) is 0 Å². The molecular formula is C25H44O4. The van der Waals surface area contributed by atoms with Crippen molar-refractivity contribution in [2.75, 3.05) is 0 Å². The Bertz CT molecular complexity index is 514. The zero-order chi connectivity index (χ0) is 21.7. The van der Waals surface area contributed by atoms with Gasteiger partial charge in [0.1, 0.15) is 0 Å². The van der Waals surface area contributed by atoms with Gasteiger partial charge in [-0.3, -0.25) is 4.79 Å². The number of carbonyl (C=O) groups is 1. The number of carboxylic acids is 1. The highest BCUT2D eigenvalue weighted by atomic mass is 16.4. The third-order valence-corrected chi connectivity index (χ3v) is 5.11. The van der Waals surface area contributed by atoms with E-state index < -0.39 is 5.97 Å². The summed E-state index contributed by atoms with van der Waals surface area (Å²) in [5.41, 5.74) is 0.813. The average Bonchev–Trinajstić information content (AvgIpc) is 2.69. The molecule has 0 saturated heterocycles. The molecule has 1 aromatic rings. The summed E-state index contributed by atoms with van der Waals surface area (Å²) in [6.45, 7) is 4.29. The van der Waals surface area contributed by atoms with Crippen LogP contribution in [0, 0.1) is 0 Å². The number of para-hydroxylation sites is 1. The fourth-order valence-corrected chi connectivity index (χ4v) is 3.34. The van der Waals surface area contributed by atoms with E-state index in [0.717, 1.165) is 31.2 Å². The van der Waals surface area contributed by atoms with Gasteiger partial charge in [0.05, 0.1) is 0 Å². The Morgan fingerprint density at radius 2 is 1.21 bits per heavy atom. The number of hydrogen-bond donors (Lipinski definition) is 3. The molecule has 1 rings (SSSR count). The number of benzene rings is 1. The molecule has 0 unspecified atom stereocenters. The second-order valence-electron chi connectivity index (χ2n) is 7.92. The molecule has 0 aliphatic rings. The Hall–Kier alpha value is -1.71. The molecule has 0 atom stereocenters. The molecule has 0 fully saturated rings. The second-order valence-corrected chi connectivity index (χ2v) is 7.92. The van der Waals surface area contributed by atoms with Crippen LogP contribution < -0.4 is 0 Å². The number of carboxylic acid groups (broad SMARTS) is 1. The van der Waals surface area contributed by atoms with Crippen LogP contribution in [-0.2, 0) is 11.2 Å². The van der Waals surface area contributed by atoms with Gasteiger partial charge in [-0.1, -0.05) is 109 Å². The number of rotatable bonds is 16. The van der Waals surface area contributed by atoms with Crippen molar-refractivity contribution in [1.29, 1.82) is 0 Å². The van der Waals surface area contributed by atoms with Gasteiger partial charge in [0.15, 0.2) is 11.5 Å². The first kappa shape index (κ1) is 27.3. The highest BCUT2D eigenvalue weighted by Gasteiger charge is 2.03. The molecule has 0 heterocycles. The third kappa shape index (κ3) is 16.9. The van der Waals surface area contributed by atoms with Crippen LogP contribution in [0.2, 0.25) is 0 Å². The smallest absolute Gasteiger partial charge is 0.303 e. The largest absolute Gasteiger partial charge is 0.504 e. The zero-order valence-electron chi connectivity index (χ0n) is 18.8. The van der Waals surface area contributed by atoms with E-state index >= 15 is 0 Å². The molecule has 29 heavy (non-hydrogen) atoms. The first-order valence-electron chi connectivity index (χ1n) is 11.7. The maximum atomic E-state index is 10.3. The van der Waals surface area contributed by atoms with Gasteiger partial charge in [-0.05, 0) is 24.5 Å². The van der Waals surface area contributed by atoms with E-state index in [1.54, 1.807) is 6.07 Å². The second kappa shape index (κ2) is 19.6. The molecule has 0 saturated carbocycles. The fourth-order valence-electron chi connectivity index (χ4n) is 3.34. The summed E-state index contributed by atoms with van der Waals surface area (Å²) in [5.74, 6) is -0.664. The van der Waals surface area contributed by atoms with Crippen molar-refractivity contribution < 1.29 is 20.1 Å². The predicted molar refractivity (Wildman–Crippen MR) is 122 cm³/mol. The van der Waals surface area contributed by atoms with Crippen molar-refractivity contribution in [1.82, 2.24) is 0 Å². The van der Waals surface area contributed by atoms with Gasteiger partial charge in [-0.15, -0.1) is 0 Å². The van der Waals surface area contributed by atoms with Crippen LogP contribution in [0.1, 0.15) is 116 Å². The summed E-state index contributed by atoms with van der Waals surface area (Å²) in [4.78, 5) is 10.3. The molecule has 168 valence electrons. The summed E-state index contributed by atoms with van der Waals surface area (Å²) in [6.07, 6.45) is 19.0. The lowest BCUT2D eigenvalue weighted by atomic mass is 10.0. The van der Waals surface area contributed by atoms with Crippen molar-refractivity contribution in [2.24, 2.45) is 0 Å². The lowest BCUT2D eigenvalue weighted by Crippen LogP contribution is -1.93. The quantitative estimate of drug-likeness (QED) is 0.194. The summed E-state index contributed by atoms with van der Waals surface area (Å²) in [5, 5.41) is 26.8. The molecule has 0 aliphatic heterocycles. The Labute approximate surface area is 178 Å². The third-order valence-electron chi connectivity index (χ3n) is 5.11. The Morgan fingerprint density at radius 1 is 0.724 bits per heavy atom. The maximum Gasteiger partial charge on any atom is 0.303 e. The predicted octanol–water partition coefficient (Wildman–Crippen LogP) is 7.60. The first-order valence-corrected chi connectivity index (χ1v) is 11.7. The van der Waals surface area contributed by atoms with Crippen molar-refractivity contribution >= 4 is 5.97 Å². The molecule has 0 amide bonds. The molecule has 0 spiro atoms. The van der Waals surface area contributed by atoms with Crippen LogP contribution in [0.5, 0.6) is 11.5 Å². The van der Waals surface area contributed by atoms with Crippen LogP contribution >= 0.6 is 0 Å². The van der Waals surface area contributed by atoms with E-state index in [1.165, 1.54) is 76.7 Å². The van der Waals surface area contributed by atoms with Gasteiger partial charge >= 0.3 is 5.97 Å². The van der Waals surface area contributed by atoms with Gasteiger partial charge < -0.3 is 15.3 Å². The van der Waals surface area contributed by atoms with Crippen molar-refractivity contribution in [2.45, 2.75) is 117 Å². The van der Waals surface area contributed by atoms with Gasteiger partial charge in [0.25, 0.3) is 0 Å². The first-order chi connectivity index (χ1) is 14.0. The zero-order valence-corrected chi connectivity index (χ0v) is 18.8. The normalized spacial score (nSPS) is 10.4. The van der Waals surface area contributed by atoms with Crippen LogP contribution in [-0.4, -0.2) is 21.3 Å².